The Balaban J connectivity index is 2.16. The molecule has 1 atom stereocenters. The molecule has 0 aromatic rings. The van der Waals surface area contributed by atoms with Crippen LogP contribution in [-0.4, -0.2) is 31.8 Å². The second-order valence-electron chi connectivity index (χ2n) is 4.08. The standard InChI is InChI=1S/C10H22N2O/c1-3-10(5-4-6-10)12-7-9(11)8-13-2/h9,12H,3-8,11H2,1-2H3. The van der Waals surface area contributed by atoms with Gasteiger partial charge < -0.3 is 15.8 Å². The van der Waals surface area contributed by atoms with Gasteiger partial charge in [0.05, 0.1) is 6.61 Å². The molecule has 1 unspecified atom stereocenters. The van der Waals surface area contributed by atoms with Gasteiger partial charge in [-0.1, -0.05) is 6.92 Å². The molecule has 3 nitrogen and oxygen atoms in total. The van der Waals surface area contributed by atoms with Gasteiger partial charge in [-0.3, -0.25) is 0 Å². The lowest BCUT2D eigenvalue weighted by molar-refractivity contribution is 0.147. The summed E-state index contributed by atoms with van der Waals surface area (Å²) in [6, 6.07) is 0.133. The first-order valence-electron chi connectivity index (χ1n) is 5.22. The summed E-state index contributed by atoms with van der Waals surface area (Å²) in [5.41, 5.74) is 6.25. The number of nitrogens with two attached hydrogens (primary N) is 1. The molecular weight excluding hydrogens is 164 g/mol. The minimum absolute atomic E-state index is 0.133. The number of hydrogen-bond acceptors (Lipinski definition) is 3. The van der Waals surface area contributed by atoms with Gasteiger partial charge in [0.15, 0.2) is 0 Å². The van der Waals surface area contributed by atoms with Gasteiger partial charge in [-0.05, 0) is 25.7 Å². The van der Waals surface area contributed by atoms with Crippen molar-refractivity contribution in [3.63, 3.8) is 0 Å². The Kier molecular flexibility index (Phi) is 4.16. The number of ether oxygens (including phenoxy) is 1. The van der Waals surface area contributed by atoms with Gasteiger partial charge in [0.25, 0.3) is 0 Å². The zero-order chi connectivity index (χ0) is 9.73. The van der Waals surface area contributed by atoms with Crippen molar-refractivity contribution < 1.29 is 4.74 Å². The van der Waals surface area contributed by atoms with Crippen LogP contribution < -0.4 is 11.1 Å². The van der Waals surface area contributed by atoms with E-state index in [9.17, 15) is 0 Å². The maximum absolute atomic E-state index is 5.84. The minimum atomic E-state index is 0.133. The monoisotopic (exact) mass is 186 g/mol. The average Bonchev–Trinajstić information content (AvgIpc) is 2.04. The Morgan fingerprint density at radius 3 is 2.62 bits per heavy atom. The summed E-state index contributed by atoms with van der Waals surface area (Å²) in [5.74, 6) is 0. The van der Waals surface area contributed by atoms with E-state index in [1.807, 2.05) is 0 Å². The number of hydrogen-bond donors (Lipinski definition) is 2. The fraction of sp³-hybridized carbons (Fsp3) is 1.00. The van der Waals surface area contributed by atoms with Crippen LogP contribution in [0.3, 0.4) is 0 Å². The van der Waals surface area contributed by atoms with Crippen molar-refractivity contribution in [2.24, 2.45) is 5.73 Å². The third-order valence-corrected chi connectivity index (χ3v) is 3.11. The van der Waals surface area contributed by atoms with E-state index in [1.165, 1.54) is 25.7 Å². The van der Waals surface area contributed by atoms with Gasteiger partial charge in [-0.2, -0.15) is 0 Å². The Morgan fingerprint density at radius 1 is 1.54 bits per heavy atom. The smallest absolute Gasteiger partial charge is 0.0626 e. The summed E-state index contributed by atoms with van der Waals surface area (Å²) < 4.78 is 4.99. The van der Waals surface area contributed by atoms with Gasteiger partial charge in [0.2, 0.25) is 0 Å². The lowest BCUT2D eigenvalue weighted by atomic mass is 9.75. The molecule has 78 valence electrons. The highest BCUT2D eigenvalue weighted by molar-refractivity contribution is 4.95. The topological polar surface area (TPSA) is 47.3 Å². The van der Waals surface area contributed by atoms with E-state index in [-0.39, 0.29) is 6.04 Å². The van der Waals surface area contributed by atoms with Crippen LogP contribution in [0.4, 0.5) is 0 Å². The predicted octanol–water partition coefficient (Wildman–Crippen LogP) is 0.882. The molecule has 0 saturated heterocycles. The molecule has 0 radical (unpaired) electrons. The molecule has 1 aliphatic carbocycles. The number of rotatable bonds is 6. The molecule has 0 amide bonds. The van der Waals surface area contributed by atoms with Crippen LogP contribution in [0.5, 0.6) is 0 Å². The Bertz CT molecular complexity index is 140. The first-order chi connectivity index (χ1) is 6.22. The largest absolute Gasteiger partial charge is 0.383 e. The van der Waals surface area contributed by atoms with Gasteiger partial charge in [-0.25, -0.2) is 0 Å². The minimum Gasteiger partial charge on any atom is -0.383 e. The molecule has 1 saturated carbocycles. The molecular formula is C10H22N2O. The molecule has 0 heterocycles. The number of methoxy groups -OCH3 is 1. The molecule has 0 aromatic carbocycles. The SMILES string of the molecule is CCC1(NCC(N)COC)CCC1. The zero-order valence-corrected chi connectivity index (χ0v) is 8.81. The van der Waals surface area contributed by atoms with Gasteiger partial charge in [-0.15, -0.1) is 0 Å². The highest BCUT2D eigenvalue weighted by Crippen LogP contribution is 2.34. The van der Waals surface area contributed by atoms with Gasteiger partial charge in [0.1, 0.15) is 0 Å². The van der Waals surface area contributed by atoms with E-state index >= 15 is 0 Å². The molecule has 0 bridgehead atoms. The van der Waals surface area contributed by atoms with E-state index in [0.717, 1.165) is 6.54 Å². The van der Waals surface area contributed by atoms with Crippen LogP contribution in [0.25, 0.3) is 0 Å². The van der Waals surface area contributed by atoms with Crippen molar-refractivity contribution in [1.29, 1.82) is 0 Å². The first kappa shape index (κ1) is 11.0. The van der Waals surface area contributed by atoms with Gasteiger partial charge in [0, 0.05) is 25.2 Å². The summed E-state index contributed by atoms with van der Waals surface area (Å²) in [7, 11) is 1.69. The summed E-state index contributed by atoms with van der Waals surface area (Å²) >= 11 is 0. The fourth-order valence-electron chi connectivity index (χ4n) is 1.88. The highest BCUT2D eigenvalue weighted by Gasteiger charge is 2.34. The van der Waals surface area contributed by atoms with Crippen molar-refractivity contribution >= 4 is 0 Å². The molecule has 1 rings (SSSR count). The third-order valence-electron chi connectivity index (χ3n) is 3.11. The van der Waals surface area contributed by atoms with E-state index in [4.69, 9.17) is 10.5 Å². The van der Waals surface area contributed by atoms with Crippen LogP contribution in [0.15, 0.2) is 0 Å². The molecule has 0 aromatic heterocycles. The molecule has 3 N–H and O–H groups in total. The molecule has 0 aliphatic heterocycles. The van der Waals surface area contributed by atoms with E-state index in [1.54, 1.807) is 7.11 Å². The van der Waals surface area contributed by atoms with Crippen molar-refractivity contribution in [2.45, 2.75) is 44.2 Å². The predicted molar refractivity (Wildman–Crippen MR) is 54.7 cm³/mol. The lowest BCUT2D eigenvalue weighted by Crippen LogP contribution is -2.54. The molecule has 3 heteroatoms. The number of nitrogens with one attached hydrogen (secondary N) is 1. The maximum atomic E-state index is 5.84. The summed E-state index contributed by atoms with van der Waals surface area (Å²) in [6.07, 6.45) is 5.19. The van der Waals surface area contributed by atoms with Crippen molar-refractivity contribution in [3.05, 3.63) is 0 Å². The van der Waals surface area contributed by atoms with Gasteiger partial charge >= 0.3 is 0 Å². The second-order valence-corrected chi connectivity index (χ2v) is 4.08. The van der Waals surface area contributed by atoms with Crippen molar-refractivity contribution in [2.75, 3.05) is 20.3 Å². The van der Waals surface area contributed by atoms with E-state index in [2.05, 4.69) is 12.2 Å². The Morgan fingerprint density at radius 2 is 2.23 bits per heavy atom. The fourth-order valence-corrected chi connectivity index (χ4v) is 1.88. The van der Waals surface area contributed by atoms with Crippen molar-refractivity contribution in [1.82, 2.24) is 5.32 Å². The quantitative estimate of drug-likeness (QED) is 0.647. The van der Waals surface area contributed by atoms with E-state index in [0.29, 0.717) is 12.1 Å². The normalized spacial score (nSPS) is 22.4. The van der Waals surface area contributed by atoms with Crippen LogP contribution in [-0.2, 0) is 4.74 Å². The van der Waals surface area contributed by atoms with Crippen LogP contribution >= 0.6 is 0 Å². The Hall–Kier alpha value is -0.120. The molecule has 1 aliphatic rings. The summed E-state index contributed by atoms with van der Waals surface area (Å²) in [5, 5.41) is 3.56. The lowest BCUT2D eigenvalue weighted by Gasteiger charge is -2.43. The third kappa shape index (κ3) is 2.93. The van der Waals surface area contributed by atoms with Crippen LogP contribution in [0.1, 0.15) is 32.6 Å². The maximum Gasteiger partial charge on any atom is 0.0626 e. The highest BCUT2D eigenvalue weighted by atomic mass is 16.5. The summed E-state index contributed by atoms with van der Waals surface area (Å²) in [4.78, 5) is 0. The van der Waals surface area contributed by atoms with Crippen LogP contribution in [0.2, 0.25) is 0 Å². The first-order valence-corrected chi connectivity index (χ1v) is 5.22. The average molecular weight is 186 g/mol. The second kappa shape index (κ2) is 4.94. The van der Waals surface area contributed by atoms with E-state index < -0.39 is 0 Å². The molecule has 0 spiro atoms. The van der Waals surface area contributed by atoms with Crippen molar-refractivity contribution in [3.8, 4) is 0 Å². The zero-order valence-electron chi connectivity index (χ0n) is 8.81. The Labute approximate surface area is 81.0 Å². The summed E-state index contributed by atoms with van der Waals surface area (Å²) in [6.45, 7) is 3.77. The van der Waals surface area contributed by atoms with Crippen LogP contribution in [0, 0.1) is 0 Å². The molecule has 1 fully saturated rings. The molecule has 13 heavy (non-hydrogen) atoms.